The van der Waals surface area contributed by atoms with Gasteiger partial charge in [0, 0.05) is 65.6 Å². The Kier molecular flexibility index (Phi) is 7.56. The second kappa shape index (κ2) is 10.3. The van der Waals surface area contributed by atoms with Crippen molar-refractivity contribution in [3.8, 4) is 11.3 Å². The van der Waals surface area contributed by atoms with Gasteiger partial charge in [-0.3, -0.25) is 14.9 Å². The van der Waals surface area contributed by atoms with Crippen LogP contribution < -0.4 is 5.32 Å². The van der Waals surface area contributed by atoms with Crippen LogP contribution in [0.15, 0.2) is 48.8 Å². The molecule has 1 fully saturated rings. The van der Waals surface area contributed by atoms with Crippen LogP contribution in [0, 0.1) is 11.3 Å². The van der Waals surface area contributed by atoms with E-state index in [1.54, 1.807) is 12.4 Å². The number of likely N-dealkylation sites (tertiary alicyclic amines) is 1. The van der Waals surface area contributed by atoms with Crippen LogP contribution in [0.3, 0.4) is 0 Å². The van der Waals surface area contributed by atoms with Crippen LogP contribution in [-0.2, 0) is 16.8 Å². The molecule has 3 N–H and O–H groups in total. The average Bonchev–Trinajstić information content (AvgIpc) is 3.30. The molecule has 7 heteroatoms. The lowest BCUT2D eigenvalue weighted by Gasteiger charge is -2.55. The van der Waals surface area contributed by atoms with Gasteiger partial charge in [0.05, 0.1) is 5.69 Å². The van der Waals surface area contributed by atoms with E-state index in [4.69, 9.17) is 0 Å². The minimum absolute atomic E-state index is 0.0301. The van der Waals surface area contributed by atoms with Gasteiger partial charge < -0.3 is 15.3 Å². The summed E-state index contributed by atoms with van der Waals surface area (Å²) in [6.07, 6.45) is 4.18. The van der Waals surface area contributed by atoms with E-state index in [-0.39, 0.29) is 17.2 Å². The van der Waals surface area contributed by atoms with Crippen molar-refractivity contribution >= 4 is 5.91 Å². The van der Waals surface area contributed by atoms with Gasteiger partial charge in [0.15, 0.2) is 0 Å². The number of pyridine rings is 1. The summed E-state index contributed by atoms with van der Waals surface area (Å²) < 4.78 is 0. The Bertz CT molecular complexity index is 1270. The van der Waals surface area contributed by atoms with Gasteiger partial charge in [0.25, 0.3) is 0 Å². The smallest absolute Gasteiger partial charge is 0.222 e. The molecule has 38 heavy (non-hydrogen) atoms. The van der Waals surface area contributed by atoms with Crippen molar-refractivity contribution in [2.45, 2.75) is 71.9 Å². The number of carbonyl (C=O) groups excluding carboxylic acids is 1. The van der Waals surface area contributed by atoms with Gasteiger partial charge in [-0.1, -0.05) is 58.9 Å². The summed E-state index contributed by atoms with van der Waals surface area (Å²) in [4.78, 5) is 19.0. The lowest BCUT2D eigenvalue weighted by molar-refractivity contribution is -0.127. The Labute approximate surface area is 227 Å². The van der Waals surface area contributed by atoms with Crippen molar-refractivity contribution in [3.05, 3.63) is 71.2 Å². The molecule has 1 saturated heterocycles. The molecule has 0 saturated carbocycles. The van der Waals surface area contributed by atoms with E-state index in [2.05, 4.69) is 77.5 Å². The van der Waals surface area contributed by atoms with Gasteiger partial charge in [-0.25, -0.2) is 0 Å². The van der Waals surface area contributed by atoms with E-state index in [1.807, 2.05) is 39.8 Å². The highest BCUT2D eigenvalue weighted by Gasteiger charge is 2.55. The van der Waals surface area contributed by atoms with Crippen LogP contribution in [0.1, 0.15) is 76.8 Å². The Morgan fingerprint density at radius 3 is 2.34 bits per heavy atom. The molecule has 3 heterocycles. The van der Waals surface area contributed by atoms with Gasteiger partial charge >= 0.3 is 0 Å². The van der Waals surface area contributed by atoms with Crippen LogP contribution in [0.4, 0.5) is 0 Å². The van der Waals surface area contributed by atoms with Crippen molar-refractivity contribution in [3.63, 3.8) is 0 Å². The molecule has 0 aliphatic carbocycles. The molecule has 0 spiro atoms. The minimum Gasteiger partial charge on any atom is -0.380 e. The topological polar surface area (TPSA) is 94.1 Å². The molecule has 0 bridgehead atoms. The summed E-state index contributed by atoms with van der Waals surface area (Å²) in [6.45, 7) is 15.9. The zero-order valence-corrected chi connectivity index (χ0v) is 24.1. The highest BCUT2D eigenvalue weighted by Crippen LogP contribution is 2.50. The van der Waals surface area contributed by atoms with Crippen LogP contribution in [-0.4, -0.2) is 56.8 Å². The average molecular weight is 518 g/mol. The molecule has 204 valence electrons. The maximum absolute atomic E-state index is 12.5. The highest BCUT2D eigenvalue weighted by molar-refractivity contribution is 5.78. The maximum Gasteiger partial charge on any atom is 0.222 e. The first kappa shape index (κ1) is 28.0. The van der Waals surface area contributed by atoms with Crippen LogP contribution in [0.25, 0.3) is 11.3 Å². The van der Waals surface area contributed by atoms with E-state index in [0.29, 0.717) is 12.3 Å². The number of aliphatic hydroxyl groups is 1. The van der Waals surface area contributed by atoms with Crippen LogP contribution in [0.5, 0.6) is 0 Å². The number of nitrogens with one attached hydrogen (secondary N) is 2. The Balaban J connectivity index is 1.66. The molecule has 1 amide bonds. The first-order chi connectivity index (χ1) is 17.7. The fraction of sp³-hybridized carbons (Fsp3) is 0.516. The number of rotatable bonds is 9. The summed E-state index contributed by atoms with van der Waals surface area (Å²) in [5.41, 5.74) is 3.41. The summed E-state index contributed by atoms with van der Waals surface area (Å²) >= 11 is 0. The van der Waals surface area contributed by atoms with E-state index in [1.165, 1.54) is 5.56 Å². The second-order valence-electron chi connectivity index (χ2n) is 12.7. The summed E-state index contributed by atoms with van der Waals surface area (Å²) in [6, 6.07) is 12.4. The number of aromatic amines is 1. The number of aromatic nitrogens is 3. The maximum atomic E-state index is 12.5. The summed E-state index contributed by atoms with van der Waals surface area (Å²) in [7, 11) is 2.08. The molecule has 2 aromatic heterocycles. The Morgan fingerprint density at radius 2 is 1.76 bits per heavy atom. The molecule has 0 unspecified atom stereocenters. The minimum atomic E-state index is -1.21. The van der Waals surface area contributed by atoms with Gasteiger partial charge in [-0.2, -0.15) is 5.10 Å². The van der Waals surface area contributed by atoms with Gasteiger partial charge in [-0.05, 0) is 50.1 Å². The molecule has 1 aliphatic heterocycles. The van der Waals surface area contributed by atoms with Crippen molar-refractivity contribution in [1.82, 2.24) is 25.4 Å². The lowest BCUT2D eigenvalue weighted by atomic mass is 9.62. The number of hydrogen-bond acceptors (Lipinski definition) is 5. The monoisotopic (exact) mass is 517 g/mol. The van der Waals surface area contributed by atoms with Crippen LogP contribution in [0.2, 0.25) is 0 Å². The molecular weight excluding hydrogens is 474 g/mol. The quantitative estimate of drug-likeness (QED) is 0.376. The third-order valence-corrected chi connectivity index (χ3v) is 7.81. The van der Waals surface area contributed by atoms with Crippen molar-refractivity contribution in [2.24, 2.45) is 11.3 Å². The third kappa shape index (κ3) is 5.40. The number of hydrogen-bond donors (Lipinski definition) is 3. The predicted octanol–water partition coefficient (Wildman–Crippen LogP) is 4.88. The zero-order chi connectivity index (χ0) is 27.9. The second-order valence-corrected chi connectivity index (χ2v) is 12.7. The van der Waals surface area contributed by atoms with Crippen molar-refractivity contribution < 1.29 is 9.90 Å². The van der Waals surface area contributed by atoms with E-state index in [9.17, 15) is 9.90 Å². The lowest BCUT2D eigenvalue weighted by Crippen LogP contribution is -2.63. The first-order valence-corrected chi connectivity index (χ1v) is 13.6. The fourth-order valence-electron chi connectivity index (χ4n) is 5.72. The molecule has 1 aromatic carbocycles. The number of carbonyl (C=O) groups is 1. The molecule has 1 atom stereocenters. The van der Waals surface area contributed by atoms with Crippen LogP contribution >= 0.6 is 0 Å². The molecule has 4 rings (SSSR count). The molecule has 0 radical (unpaired) electrons. The van der Waals surface area contributed by atoms with E-state index >= 15 is 0 Å². The molecule has 7 nitrogen and oxygen atoms in total. The predicted molar refractivity (Wildman–Crippen MR) is 152 cm³/mol. The molecular formula is C31H43N5O2. The standard InChI is InChI=1S/C31H43N5O2/c1-20(2)22-9-11-24(12-10-22)31(38,30(7)18-36(8)19-30)25-13-23(16-32-17-25)27-14-26(34-35-27)15-29(5,6)33-28(37)21(3)4/h9-14,16-17,20-21,38H,15,18-19H2,1-8H3,(H,33,37)(H,34,35)/t31-/m0/s1. The first-order valence-electron chi connectivity index (χ1n) is 13.6. The third-order valence-electron chi connectivity index (χ3n) is 7.81. The van der Waals surface area contributed by atoms with Gasteiger partial charge in [0.2, 0.25) is 5.91 Å². The van der Waals surface area contributed by atoms with Crippen molar-refractivity contribution in [1.29, 1.82) is 0 Å². The molecule has 3 aromatic rings. The SMILES string of the molecule is CC(C)C(=O)NC(C)(C)Cc1cc(-c2cncc([C@@](O)(c3ccc(C(C)C)cc3)C3(C)CN(C)C3)c2)n[nH]1. The number of H-pyrrole nitrogens is 1. The Hall–Kier alpha value is -3.03. The van der Waals surface area contributed by atoms with Gasteiger partial charge in [-0.15, -0.1) is 0 Å². The largest absolute Gasteiger partial charge is 0.380 e. The number of benzene rings is 1. The zero-order valence-electron chi connectivity index (χ0n) is 24.1. The highest BCUT2D eigenvalue weighted by atomic mass is 16.3. The van der Waals surface area contributed by atoms with Gasteiger partial charge in [0.1, 0.15) is 5.60 Å². The van der Waals surface area contributed by atoms with E-state index in [0.717, 1.165) is 41.2 Å². The van der Waals surface area contributed by atoms with Crippen molar-refractivity contribution in [2.75, 3.05) is 20.1 Å². The number of nitrogens with zero attached hydrogens (tertiary/aromatic N) is 3. The summed E-state index contributed by atoms with van der Waals surface area (Å²) in [5.74, 6) is 0.380. The summed E-state index contributed by atoms with van der Waals surface area (Å²) in [5, 5.41) is 23.3. The van der Waals surface area contributed by atoms with E-state index < -0.39 is 11.1 Å². The fourth-order valence-corrected chi connectivity index (χ4v) is 5.72. The molecule has 1 aliphatic rings. The number of amides is 1. The normalized spacial score (nSPS) is 17.3. The Morgan fingerprint density at radius 1 is 1.11 bits per heavy atom.